The van der Waals surface area contributed by atoms with Gasteiger partial charge in [0.1, 0.15) is 0 Å². The van der Waals surface area contributed by atoms with Crippen LogP contribution in [0, 0.1) is 0 Å². The molecule has 8 heteroatoms. The van der Waals surface area contributed by atoms with E-state index in [4.69, 9.17) is 21.2 Å². The molecule has 3 rings (SSSR count). The first-order valence-electron chi connectivity index (χ1n) is 7.38. The second-order valence-corrected chi connectivity index (χ2v) is 7.00. The van der Waals surface area contributed by atoms with Crippen molar-refractivity contribution in [1.82, 2.24) is 10.1 Å². The Morgan fingerprint density at radius 1 is 1.42 bits per heavy atom. The number of carboxylic acid groups (broad SMARTS) is 1. The van der Waals surface area contributed by atoms with Crippen molar-refractivity contribution in [3.05, 3.63) is 41.0 Å². The first kappa shape index (κ1) is 16.9. The number of nitrogens with zero attached hydrogens (tertiary/aromatic N) is 2. The molecule has 1 atom stereocenters. The van der Waals surface area contributed by atoms with E-state index in [1.54, 1.807) is 40.9 Å². The number of carbonyl (C=O) groups excluding carboxylic acids is 1. The maximum Gasteiger partial charge on any atom is 0.305 e. The molecule has 1 aliphatic rings. The third-order valence-corrected chi connectivity index (χ3v) is 5.06. The van der Waals surface area contributed by atoms with Crippen LogP contribution in [0.3, 0.4) is 0 Å². The van der Waals surface area contributed by atoms with Crippen molar-refractivity contribution < 1.29 is 19.2 Å². The van der Waals surface area contributed by atoms with Crippen LogP contribution in [0.15, 0.2) is 34.9 Å². The van der Waals surface area contributed by atoms with Crippen molar-refractivity contribution in [3.63, 3.8) is 0 Å². The van der Waals surface area contributed by atoms with Gasteiger partial charge in [0.05, 0.1) is 12.5 Å². The highest BCUT2D eigenvalue weighted by Crippen LogP contribution is 2.26. The van der Waals surface area contributed by atoms with Crippen LogP contribution in [0.25, 0.3) is 11.3 Å². The Labute approximate surface area is 147 Å². The van der Waals surface area contributed by atoms with Gasteiger partial charge in [0.15, 0.2) is 11.5 Å². The van der Waals surface area contributed by atoms with Gasteiger partial charge < -0.3 is 14.5 Å². The van der Waals surface area contributed by atoms with Gasteiger partial charge in [-0.15, -0.1) is 0 Å². The number of hydrogen-bond acceptors (Lipinski definition) is 5. The van der Waals surface area contributed by atoms with Crippen LogP contribution >= 0.6 is 23.4 Å². The van der Waals surface area contributed by atoms with Crippen LogP contribution < -0.4 is 0 Å². The van der Waals surface area contributed by atoms with Crippen LogP contribution in [0.4, 0.5) is 0 Å². The Kier molecular flexibility index (Phi) is 5.11. The fraction of sp³-hybridized carbons (Fsp3) is 0.312. The Morgan fingerprint density at radius 2 is 2.25 bits per heavy atom. The Hall–Kier alpha value is -1.99. The number of carboxylic acids is 1. The number of halogens is 1. The van der Waals surface area contributed by atoms with Crippen LogP contribution in [0.5, 0.6) is 0 Å². The molecule has 0 radical (unpaired) electrons. The van der Waals surface area contributed by atoms with E-state index in [-0.39, 0.29) is 24.1 Å². The quantitative estimate of drug-likeness (QED) is 0.895. The summed E-state index contributed by atoms with van der Waals surface area (Å²) >= 11 is 7.61. The second-order valence-electron chi connectivity index (χ2n) is 5.41. The van der Waals surface area contributed by atoms with Crippen LogP contribution in [-0.4, -0.2) is 51.1 Å². The minimum absolute atomic E-state index is 0.0717. The topological polar surface area (TPSA) is 83.6 Å². The number of aliphatic carboxylic acids is 1. The molecular weight excluding hydrogens is 352 g/mol. The monoisotopic (exact) mass is 366 g/mol. The SMILES string of the molecule is O=C(O)CC1CSCCN1C(=O)c1cc(-c2cccc(Cl)c2)on1. The first-order chi connectivity index (χ1) is 11.5. The molecule has 2 aromatic rings. The molecule has 126 valence electrons. The van der Waals surface area contributed by atoms with E-state index in [9.17, 15) is 9.59 Å². The van der Waals surface area contributed by atoms with Gasteiger partial charge in [0, 0.05) is 34.7 Å². The number of rotatable bonds is 4. The summed E-state index contributed by atoms with van der Waals surface area (Å²) in [5.74, 6) is 0.610. The summed E-state index contributed by atoms with van der Waals surface area (Å²) in [6.07, 6.45) is -0.0717. The lowest BCUT2D eigenvalue weighted by Crippen LogP contribution is -2.47. The van der Waals surface area contributed by atoms with E-state index in [2.05, 4.69) is 5.16 Å². The maximum atomic E-state index is 12.7. The smallest absolute Gasteiger partial charge is 0.305 e. The highest BCUT2D eigenvalue weighted by Gasteiger charge is 2.31. The molecule has 24 heavy (non-hydrogen) atoms. The van der Waals surface area contributed by atoms with Crippen molar-refractivity contribution in [1.29, 1.82) is 0 Å². The van der Waals surface area contributed by atoms with E-state index in [1.165, 1.54) is 0 Å². The number of amides is 1. The van der Waals surface area contributed by atoms with Crippen molar-refractivity contribution in [3.8, 4) is 11.3 Å². The average molecular weight is 367 g/mol. The van der Waals surface area contributed by atoms with Gasteiger partial charge in [-0.3, -0.25) is 9.59 Å². The summed E-state index contributed by atoms with van der Waals surface area (Å²) in [4.78, 5) is 25.3. The molecule has 2 heterocycles. The summed E-state index contributed by atoms with van der Waals surface area (Å²) in [5, 5.41) is 13.4. The summed E-state index contributed by atoms with van der Waals surface area (Å²) in [6.45, 7) is 0.501. The first-order valence-corrected chi connectivity index (χ1v) is 8.91. The van der Waals surface area contributed by atoms with Crippen molar-refractivity contribution in [2.75, 3.05) is 18.1 Å². The Balaban J connectivity index is 1.80. The van der Waals surface area contributed by atoms with E-state index in [1.807, 2.05) is 6.07 Å². The molecule has 1 unspecified atom stereocenters. The summed E-state index contributed by atoms with van der Waals surface area (Å²) in [6, 6.07) is 8.29. The Bertz CT molecular complexity index is 764. The molecule has 0 spiro atoms. The molecule has 1 saturated heterocycles. The number of benzene rings is 1. The highest BCUT2D eigenvalue weighted by atomic mass is 35.5. The zero-order chi connectivity index (χ0) is 17.1. The maximum absolute atomic E-state index is 12.7. The summed E-state index contributed by atoms with van der Waals surface area (Å²) in [5.41, 5.74) is 0.901. The predicted octanol–water partition coefficient (Wildman–Crippen LogP) is 3.03. The van der Waals surface area contributed by atoms with Crippen LogP contribution in [0.1, 0.15) is 16.9 Å². The number of aromatic nitrogens is 1. The lowest BCUT2D eigenvalue weighted by molar-refractivity contribution is -0.138. The molecule has 1 fully saturated rings. The molecule has 0 saturated carbocycles. The lowest BCUT2D eigenvalue weighted by atomic mass is 10.1. The van der Waals surface area contributed by atoms with Gasteiger partial charge >= 0.3 is 5.97 Å². The summed E-state index contributed by atoms with van der Waals surface area (Å²) in [7, 11) is 0. The molecule has 0 aliphatic carbocycles. The van der Waals surface area contributed by atoms with Gasteiger partial charge in [-0.05, 0) is 12.1 Å². The molecule has 1 aromatic heterocycles. The zero-order valence-corrected chi connectivity index (χ0v) is 14.2. The van der Waals surface area contributed by atoms with Gasteiger partial charge in [-0.25, -0.2) is 0 Å². The number of thioether (sulfide) groups is 1. The number of hydrogen-bond donors (Lipinski definition) is 1. The normalized spacial score (nSPS) is 17.7. The van der Waals surface area contributed by atoms with Gasteiger partial charge in [0.2, 0.25) is 0 Å². The predicted molar refractivity (Wildman–Crippen MR) is 91.4 cm³/mol. The van der Waals surface area contributed by atoms with Gasteiger partial charge in [-0.1, -0.05) is 28.9 Å². The lowest BCUT2D eigenvalue weighted by Gasteiger charge is -2.33. The standard InChI is InChI=1S/C16H15ClN2O4S/c17-11-3-1-2-10(6-11)14-8-13(18-23-14)16(22)19-4-5-24-9-12(19)7-15(20)21/h1-3,6,8,12H,4-5,7,9H2,(H,20,21). The molecule has 1 aromatic carbocycles. The van der Waals surface area contributed by atoms with E-state index < -0.39 is 5.97 Å². The molecule has 0 bridgehead atoms. The van der Waals surface area contributed by atoms with Crippen molar-refractivity contribution in [2.45, 2.75) is 12.5 Å². The van der Waals surface area contributed by atoms with Gasteiger partial charge in [0.25, 0.3) is 5.91 Å². The van der Waals surface area contributed by atoms with Crippen molar-refractivity contribution in [2.24, 2.45) is 0 Å². The third-order valence-electron chi connectivity index (χ3n) is 3.74. The third kappa shape index (κ3) is 3.73. The average Bonchev–Trinajstić information content (AvgIpc) is 3.04. The van der Waals surface area contributed by atoms with Crippen LogP contribution in [-0.2, 0) is 4.79 Å². The number of carbonyl (C=O) groups is 2. The molecule has 1 aliphatic heterocycles. The van der Waals surface area contributed by atoms with Gasteiger partial charge in [-0.2, -0.15) is 11.8 Å². The van der Waals surface area contributed by atoms with Crippen LogP contribution in [0.2, 0.25) is 5.02 Å². The molecule has 1 N–H and O–H groups in total. The van der Waals surface area contributed by atoms with E-state index in [0.29, 0.717) is 23.1 Å². The van der Waals surface area contributed by atoms with E-state index in [0.717, 1.165) is 11.3 Å². The highest BCUT2D eigenvalue weighted by molar-refractivity contribution is 7.99. The summed E-state index contributed by atoms with van der Waals surface area (Å²) < 4.78 is 5.26. The molecular formula is C16H15ClN2O4S. The fourth-order valence-corrected chi connectivity index (χ4v) is 3.85. The Morgan fingerprint density at radius 3 is 3.00 bits per heavy atom. The largest absolute Gasteiger partial charge is 0.481 e. The fourth-order valence-electron chi connectivity index (χ4n) is 2.59. The molecule has 6 nitrogen and oxygen atoms in total. The van der Waals surface area contributed by atoms with Crippen molar-refractivity contribution >= 4 is 35.2 Å². The minimum atomic E-state index is -0.917. The second kappa shape index (κ2) is 7.27. The minimum Gasteiger partial charge on any atom is -0.481 e. The zero-order valence-electron chi connectivity index (χ0n) is 12.6. The molecule has 1 amide bonds. The van der Waals surface area contributed by atoms with E-state index >= 15 is 0 Å².